The van der Waals surface area contributed by atoms with E-state index in [1.807, 2.05) is 25.8 Å². The molecule has 2 amide bonds. The highest BCUT2D eigenvalue weighted by Crippen LogP contribution is 2.30. The van der Waals surface area contributed by atoms with Crippen molar-refractivity contribution in [1.82, 2.24) is 9.80 Å². The Hall–Kier alpha value is -1.06. The molecule has 0 N–H and O–H groups in total. The predicted molar refractivity (Wildman–Crippen MR) is 70.0 cm³/mol. The molecular weight excluding hydrogens is 228 g/mol. The van der Waals surface area contributed by atoms with Gasteiger partial charge in [0.25, 0.3) is 0 Å². The molecule has 1 atom stereocenters. The molecule has 4 heteroatoms. The molecule has 102 valence electrons. The number of rotatable bonds is 3. The Balaban J connectivity index is 1.97. The summed E-state index contributed by atoms with van der Waals surface area (Å²) in [4.78, 5) is 28.0. The highest BCUT2D eigenvalue weighted by atomic mass is 16.2. The normalized spacial score (nSPS) is 25.2. The lowest BCUT2D eigenvalue weighted by Gasteiger charge is -2.26. The molecule has 1 aliphatic carbocycles. The summed E-state index contributed by atoms with van der Waals surface area (Å²) in [6.07, 6.45) is 5.09. The van der Waals surface area contributed by atoms with Gasteiger partial charge in [-0.1, -0.05) is 12.8 Å². The lowest BCUT2D eigenvalue weighted by molar-refractivity contribution is -0.136. The first-order valence-corrected chi connectivity index (χ1v) is 7.07. The molecular formula is C14H24N2O2. The molecule has 2 fully saturated rings. The fourth-order valence-corrected chi connectivity index (χ4v) is 3.01. The fraction of sp³-hybridized carbons (Fsp3) is 0.857. The van der Waals surface area contributed by atoms with E-state index in [1.54, 1.807) is 4.90 Å². The van der Waals surface area contributed by atoms with Crippen molar-refractivity contribution in [2.24, 2.45) is 5.92 Å². The van der Waals surface area contributed by atoms with Gasteiger partial charge in [-0.25, -0.2) is 0 Å². The molecule has 4 nitrogen and oxygen atoms in total. The minimum Gasteiger partial charge on any atom is -0.343 e. The maximum absolute atomic E-state index is 12.2. The second-order valence-corrected chi connectivity index (χ2v) is 5.93. The van der Waals surface area contributed by atoms with Crippen LogP contribution in [-0.4, -0.2) is 47.3 Å². The predicted octanol–water partition coefficient (Wildman–Crippen LogP) is 1.64. The molecule has 1 saturated heterocycles. The highest BCUT2D eigenvalue weighted by molar-refractivity contribution is 5.89. The van der Waals surface area contributed by atoms with E-state index in [-0.39, 0.29) is 23.8 Å². The molecule has 0 aromatic rings. The van der Waals surface area contributed by atoms with Gasteiger partial charge in [0.2, 0.25) is 11.8 Å². The molecule has 18 heavy (non-hydrogen) atoms. The summed E-state index contributed by atoms with van der Waals surface area (Å²) in [5.74, 6) is 0.182. The maximum Gasteiger partial charge on any atom is 0.227 e. The van der Waals surface area contributed by atoms with Crippen molar-refractivity contribution in [3.8, 4) is 0 Å². The van der Waals surface area contributed by atoms with E-state index >= 15 is 0 Å². The van der Waals surface area contributed by atoms with Crippen molar-refractivity contribution in [3.05, 3.63) is 0 Å². The molecule has 0 spiro atoms. The van der Waals surface area contributed by atoms with Crippen LogP contribution in [0.4, 0.5) is 0 Å². The van der Waals surface area contributed by atoms with Crippen LogP contribution in [0.25, 0.3) is 0 Å². The Morgan fingerprint density at radius 2 is 1.94 bits per heavy atom. The number of hydrogen-bond donors (Lipinski definition) is 0. The lowest BCUT2D eigenvalue weighted by atomic mass is 10.1. The van der Waals surface area contributed by atoms with Gasteiger partial charge in [-0.2, -0.15) is 0 Å². The van der Waals surface area contributed by atoms with E-state index < -0.39 is 0 Å². The van der Waals surface area contributed by atoms with Gasteiger partial charge in [-0.3, -0.25) is 9.59 Å². The van der Waals surface area contributed by atoms with E-state index in [0.717, 1.165) is 12.8 Å². The van der Waals surface area contributed by atoms with Gasteiger partial charge in [-0.05, 0) is 26.7 Å². The van der Waals surface area contributed by atoms with Crippen molar-refractivity contribution in [2.45, 2.75) is 58.0 Å². The first kappa shape index (κ1) is 13.4. The smallest absolute Gasteiger partial charge is 0.227 e. The summed E-state index contributed by atoms with van der Waals surface area (Å²) in [5, 5.41) is 0. The van der Waals surface area contributed by atoms with E-state index in [2.05, 4.69) is 0 Å². The SMILES string of the molecule is CC(C)N(C)C(=O)C1CC(=O)N(C2CCCC2)C1. The molecule has 1 aliphatic heterocycles. The quantitative estimate of drug-likeness (QED) is 0.766. The number of amides is 2. The van der Waals surface area contributed by atoms with Crippen LogP contribution in [0, 0.1) is 5.92 Å². The van der Waals surface area contributed by atoms with Gasteiger partial charge in [0.1, 0.15) is 0 Å². The van der Waals surface area contributed by atoms with Crippen LogP contribution >= 0.6 is 0 Å². The summed E-state index contributed by atoms with van der Waals surface area (Å²) in [7, 11) is 1.83. The summed E-state index contributed by atoms with van der Waals surface area (Å²) >= 11 is 0. The maximum atomic E-state index is 12.2. The third-order valence-corrected chi connectivity index (χ3v) is 4.40. The van der Waals surface area contributed by atoms with Gasteiger partial charge in [0, 0.05) is 32.1 Å². The van der Waals surface area contributed by atoms with Gasteiger partial charge < -0.3 is 9.80 Å². The molecule has 1 unspecified atom stereocenters. The summed E-state index contributed by atoms with van der Waals surface area (Å²) in [6.45, 7) is 4.65. The van der Waals surface area contributed by atoms with Crippen LogP contribution in [-0.2, 0) is 9.59 Å². The number of hydrogen-bond acceptors (Lipinski definition) is 2. The van der Waals surface area contributed by atoms with E-state index in [9.17, 15) is 9.59 Å². The molecule has 1 heterocycles. The van der Waals surface area contributed by atoms with Crippen molar-refractivity contribution >= 4 is 11.8 Å². The van der Waals surface area contributed by atoms with Crippen LogP contribution in [0.3, 0.4) is 0 Å². The number of likely N-dealkylation sites (tertiary alicyclic amines) is 1. The van der Waals surface area contributed by atoms with Crippen molar-refractivity contribution < 1.29 is 9.59 Å². The minimum atomic E-state index is -0.120. The zero-order valence-corrected chi connectivity index (χ0v) is 11.7. The topological polar surface area (TPSA) is 40.6 Å². The van der Waals surface area contributed by atoms with Crippen molar-refractivity contribution in [1.29, 1.82) is 0 Å². The first-order chi connectivity index (χ1) is 8.50. The zero-order chi connectivity index (χ0) is 13.3. The summed E-state index contributed by atoms with van der Waals surface area (Å²) in [5.41, 5.74) is 0. The summed E-state index contributed by atoms with van der Waals surface area (Å²) in [6, 6.07) is 0.604. The Morgan fingerprint density at radius 1 is 1.33 bits per heavy atom. The Labute approximate surface area is 109 Å². The molecule has 0 radical (unpaired) electrons. The average Bonchev–Trinajstić information content (AvgIpc) is 2.95. The minimum absolute atomic E-state index is 0.120. The van der Waals surface area contributed by atoms with E-state index in [4.69, 9.17) is 0 Å². The molecule has 0 bridgehead atoms. The second-order valence-electron chi connectivity index (χ2n) is 5.93. The first-order valence-electron chi connectivity index (χ1n) is 7.07. The van der Waals surface area contributed by atoms with Crippen LogP contribution in [0.2, 0.25) is 0 Å². The molecule has 2 rings (SSSR count). The third kappa shape index (κ3) is 2.52. The lowest BCUT2D eigenvalue weighted by Crippen LogP contribution is -2.40. The molecule has 0 aromatic heterocycles. The van der Waals surface area contributed by atoms with Crippen LogP contribution in [0.1, 0.15) is 46.0 Å². The van der Waals surface area contributed by atoms with Gasteiger partial charge in [0.05, 0.1) is 5.92 Å². The van der Waals surface area contributed by atoms with Crippen LogP contribution in [0.5, 0.6) is 0 Å². The van der Waals surface area contributed by atoms with Crippen molar-refractivity contribution in [2.75, 3.05) is 13.6 Å². The molecule has 2 aliphatic rings. The van der Waals surface area contributed by atoms with Crippen molar-refractivity contribution in [3.63, 3.8) is 0 Å². The number of carbonyl (C=O) groups excluding carboxylic acids is 2. The average molecular weight is 252 g/mol. The zero-order valence-electron chi connectivity index (χ0n) is 11.7. The standard InChI is InChI=1S/C14H24N2O2/c1-10(2)15(3)14(18)11-8-13(17)16(9-11)12-6-4-5-7-12/h10-12H,4-9H2,1-3H3. The van der Waals surface area contributed by atoms with Gasteiger partial charge >= 0.3 is 0 Å². The fourth-order valence-electron chi connectivity index (χ4n) is 3.01. The van der Waals surface area contributed by atoms with Gasteiger partial charge in [0.15, 0.2) is 0 Å². The van der Waals surface area contributed by atoms with E-state index in [1.165, 1.54) is 12.8 Å². The van der Waals surface area contributed by atoms with Crippen LogP contribution in [0.15, 0.2) is 0 Å². The number of nitrogens with zero attached hydrogens (tertiary/aromatic N) is 2. The highest BCUT2D eigenvalue weighted by Gasteiger charge is 2.39. The van der Waals surface area contributed by atoms with E-state index in [0.29, 0.717) is 19.0 Å². The van der Waals surface area contributed by atoms with Gasteiger partial charge in [-0.15, -0.1) is 0 Å². The van der Waals surface area contributed by atoms with Crippen LogP contribution < -0.4 is 0 Å². The number of carbonyl (C=O) groups is 2. The Kier molecular flexibility index (Phi) is 3.93. The second kappa shape index (κ2) is 5.29. The molecule has 0 aromatic carbocycles. The monoisotopic (exact) mass is 252 g/mol. The molecule has 1 saturated carbocycles. The largest absolute Gasteiger partial charge is 0.343 e. The Morgan fingerprint density at radius 3 is 2.50 bits per heavy atom. The third-order valence-electron chi connectivity index (χ3n) is 4.40. The Bertz CT molecular complexity index is 335. The summed E-state index contributed by atoms with van der Waals surface area (Å²) < 4.78 is 0.